The molecule has 0 unspecified atom stereocenters. The van der Waals surface area contributed by atoms with Crippen LogP contribution in [-0.2, 0) is 0 Å². The molecule has 2 heteroatoms. The molecule has 1 aliphatic heterocycles. The minimum Gasteiger partial charge on any atom is -0.313 e. The van der Waals surface area contributed by atoms with Crippen LogP contribution in [0.3, 0.4) is 0 Å². The third-order valence-electron chi connectivity index (χ3n) is 4.37. The highest BCUT2D eigenvalue weighted by Crippen LogP contribution is 2.30. The van der Waals surface area contributed by atoms with E-state index in [0.717, 1.165) is 6.04 Å². The third-order valence-corrected chi connectivity index (χ3v) is 4.37. The lowest BCUT2D eigenvalue weighted by atomic mass is 9.80. The van der Waals surface area contributed by atoms with Crippen LogP contribution in [0.15, 0.2) is 0 Å². The van der Waals surface area contributed by atoms with Gasteiger partial charge in [0.25, 0.3) is 0 Å². The van der Waals surface area contributed by atoms with E-state index >= 15 is 0 Å². The molecule has 2 rings (SSSR count). The number of rotatable bonds is 3. The molecule has 2 nitrogen and oxygen atoms in total. The summed E-state index contributed by atoms with van der Waals surface area (Å²) < 4.78 is 0. The molecule has 0 aromatic rings. The first kappa shape index (κ1) is 11.4. The molecule has 0 bridgehead atoms. The van der Waals surface area contributed by atoms with Crippen LogP contribution in [0.4, 0.5) is 0 Å². The molecule has 2 aliphatic rings. The summed E-state index contributed by atoms with van der Waals surface area (Å²) in [5.41, 5.74) is 0.565. The highest BCUT2D eigenvalue weighted by Gasteiger charge is 2.29. The van der Waals surface area contributed by atoms with Gasteiger partial charge in [0.05, 0.1) is 0 Å². The van der Waals surface area contributed by atoms with Crippen molar-refractivity contribution >= 4 is 0 Å². The highest BCUT2D eigenvalue weighted by atomic mass is 15.1. The minimum absolute atomic E-state index is 0.565. The first-order valence-corrected chi connectivity index (χ1v) is 6.60. The Labute approximate surface area is 94.4 Å². The van der Waals surface area contributed by atoms with E-state index in [1.165, 1.54) is 58.2 Å². The maximum Gasteiger partial charge on any atom is 0.00672 e. The van der Waals surface area contributed by atoms with Crippen molar-refractivity contribution in [2.75, 3.05) is 26.7 Å². The number of nitrogens with zero attached hydrogens (tertiary/aromatic N) is 1. The summed E-state index contributed by atoms with van der Waals surface area (Å²) in [4.78, 5) is 2.46. The molecule has 1 aliphatic carbocycles. The standard InChI is InChI=1S/C13H26N2/c1-13(7-9-15(2)10-8-13)11-14-12-5-3-4-6-12/h12,14H,3-11H2,1-2H3. The molecule has 0 radical (unpaired) electrons. The lowest BCUT2D eigenvalue weighted by Crippen LogP contribution is -2.44. The van der Waals surface area contributed by atoms with Crippen LogP contribution in [0.25, 0.3) is 0 Å². The van der Waals surface area contributed by atoms with Gasteiger partial charge in [-0.2, -0.15) is 0 Å². The summed E-state index contributed by atoms with van der Waals surface area (Å²) in [5.74, 6) is 0. The summed E-state index contributed by atoms with van der Waals surface area (Å²) in [7, 11) is 2.24. The third kappa shape index (κ3) is 3.18. The largest absolute Gasteiger partial charge is 0.313 e. The first-order chi connectivity index (χ1) is 7.18. The van der Waals surface area contributed by atoms with Crippen molar-refractivity contribution in [1.29, 1.82) is 0 Å². The number of hydrogen-bond donors (Lipinski definition) is 1. The zero-order valence-corrected chi connectivity index (χ0v) is 10.4. The van der Waals surface area contributed by atoms with Gasteiger partial charge in [0.15, 0.2) is 0 Å². The predicted molar refractivity (Wildman–Crippen MR) is 65.1 cm³/mol. The molecule has 2 fully saturated rings. The fourth-order valence-corrected chi connectivity index (χ4v) is 2.86. The zero-order chi connectivity index (χ0) is 10.7. The summed E-state index contributed by atoms with van der Waals surface area (Å²) in [5, 5.41) is 3.79. The lowest BCUT2D eigenvalue weighted by Gasteiger charge is -2.38. The topological polar surface area (TPSA) is 15.3 Å². The van der Waals surface area contributed by atoms with Gasteiger partial charge >= 0.3 is 0 Å². The fraction of sp³-hybridized carbons (Fsp3) is 1.00. The van der Waals surface area contributed by atoms with Crippen molar-refractivity contribution in [3.63, 3.8) is 0 Å². The van der Waals surface area contributed by atoms with Crippen molar-refractivity contribution in [2.24, 2.45) is 5.41 Å². The Morgan fingerprint density at radius 2 is 1.80 bits per heavy atom. The van der Waals surface area contributed by atoms with Gasteiger partial charge < -0.3 is 10.2 Å². The molecule has 0 aromatic heterocycles. The Kier molecular flexibility index (Phi) is 3.68. The molecule has 15 heavy (non-hydrogen) atoms. The SMILES string of the molecule is CN1CCC(C)(CNC2CCCC2)CC1. The van der Waals surface area contributed by atoms with Crippen molar-refractivity contribution in [1.82, 2.24) is 10.2 Å². The summed E-state index contributed by atoms with van der Waals surface area (Å²) in [6.07, 6.45) is 8.44. The van der Waals surface area contributed by atoms with Gasteiger partial charge in [0.2, 0.25) is 0 Å². The first-order valence-electron chi connectivity index (χ1n) is 6.60. The number of nitrogens with one attached hydrogen (secondary N) is 1. The zero-order valence-electron chi connectivity index (χ0n) is 10.4. The van der Waals surface area contributed by atoms with Gasteiger partial charge in [-0.15, -0.1) is 0 Å². The van der Waals surface area contributed by atoms with E-state index in [2.05, 4.69) is 24.2 Å². The Hall–Kier alpha value is -0.0800. The van der Waals surface area contributed by atoms with E-state index in [-0.39, 0.29) is 0 Å². The molecule has 0 aromatic carbocycles. The summed E-state index contributed by atoms with van der Waals surface area (Å²) in [6.45, 7) is 6.26. The van der Waals surface area contributed by atoms with Gasteiger partial charge in [0, 0.05) is 12.6 Å². The number of piperidine rings is 1. The quantitative estimate of drug-likeness (QED) is 0.768. The Balaban J connectivity index is 1.72. The Bertz CT molecular complexity index is 189. The molecule has 1 saturated carbocycles. The van der Waals surface area contributed by atoms with E-state index in [1.54, 1.807) is 0 Å². The fourth-order valence-electron chi connectivity index (χ4n) is 2.86. The van der Waals surface area contributed by atoms with E-state index in [4.69, 9.17) is 0 Å². The average Bonchev–Trinajstić information content (AvgIpc) is 2.73. The molecule has 1 heterocycles. The van der Waals surface area contributed by atoms with Crippen LogP contribution >= 0.6 is 0 Å². The van der Waals surface area contributed by atoms with Crippen LogP contribution in [0.2, 0.25) is 0 Å². The highest BCUT2D eigenvalue weighted by molar-refractivity contribution is 4.85. The van der Waals surface area contributed by atoms with Crippen molar-refractivity contribution < 1.29 is 0 Å². The normalized spacial score (nSPS) is 28.4. The molecule has 0 amide bonds. The smallest absolute Gasteiger partial charge is 0.00672 e. The summed E-state index contributed by atoms with van der Waals surface area (Å²) in [6, 6.07) is 0.835. The van der Waals surface area contributed by atoms with Crippen molar-refractivity contribution in [3.05, 3.63) is 0 Å². The minimum atomic E-state index is 0.565. The molecule has 1 N–H and O–H groups in total. The average molecular weight is 210 g/mol. The Morgan fingerprint density at radius 3 is 2.40 bits per heavy atom. The van der Waals surface area contributed by atoms with Crippen molar-refractivity contribution in [3.8, 4) is 0 Å². The van der Waals surface area contributed by atoms with Crippen LogP contribution < -0.4 is 5.32 Å². The van der Waals surface area contributed by atoms with Gasteiger partial charge in [-0.05, 0) is 51.2 Å². The van der Waals surface area contributed by atoms with Gasteiger partial charge in [-0.3, -0.25) is 0 Å². The second kappa shape index (κ2) is 4.84. The molecule has 1 saturated heterocycles. The Morgan fingerprint density at radius 1 is 1.20 bits per heavy atom. The maximum absolute atomic E-state index is 3.79. The van der Waals surface area contributed by atoms with Gasteiger partial charge in [0.1, 0.15) is 0 Å². The van der Waals surface area contributed by atoms with Gasteiger partial charge in [-0.1, -0.05) is 19.8 Å². The van der Waals surface area contributed by atoms with E-state index in [0.29, 0.717) is 5.41 Å². The maximum atomic E-state index is 3.79. The van der Waals surface area contributed by atoms with Crippen LogP contribution in [0.5, 0.6) is 0 Å². The molecule has 0 spiro atoms. The molecular formula is C13H26N2. The second-order valence-corrected chi connectivity index (χ2v) is 5.98. The lowest BCUT2D eigenvalue weighted by molar-refractivity contribution is 0.133. The molecular weight excluding hydrogens is 184 g/mol. The van der Waals surface area contributed by atoms with E-state index in [9.17, 15) is 0 Å². The second-order valence-electron chi connectivity index (χ2n) is 5.98. The molecule has 0 atom stereocenters. The molecule has 88 valence electrons. The summed E-state index contributed by atoms with van der Waals surface area (Å²) >= 11 is 0. The monoisotopic (exact) mass is 210 g/mol. The number of likely N-dealkylation sites (tertiary alicyclic amines) is 1. The van der Waals surface area contributed by atoms with Crippen LogP contribution in [0, 0.1) is 5.41 Å². The van der Waals surface area contributed by atoms with Crippen LogP contribution in [0.1, 0.15) is 45.4 Å². The predicted octanol–water partition coefficient (Wildman–Crippen LogP) is 2.25. The number of hydrogen-bond acceptors (Lipinski definition) is 2. The van der Waals surface area contributed by atoms with Crippen molar-refractivity contribution in [2.45, 2.75) is 51.5 Å². The van der Waals surface area contributed by atoms with Gasteiger partial charge in [-0.25, -0.2) is 0 Å². The van der Waals surface area contributed by atoms with E-state index < -0.39 is 0 Å². The van der Waals surface area contributed by atoms with Crippen LogP contribution in [-0.4, -0.2) is 37.6 Å². The van der Waals surface area contributed by atoms with E-state index in [1.807, 2.05) is 0 Å².